The van der Waals surface area contributed by atoms with E-state index >= 15 is 0 Å². The number of benzene rings is 2. The lowest BCUT2D eigenvalue weighted by molar-refractivity contribution is 0.313. The summed E-state index contributed by atoms with van der Waals surface area (Å²) in [6.07, 6.45) is 2.07. The first-order valence-electron chi connectivity index (χ1n) is 8.36. The highest BCUT2D eigenvalue weighted by Crippen LogP contribution is 2.35. The Morgan fingerprint density at radius 1 is 1.15 bits per heavy atom. The van der Waals surface area contributed by atoms with Crippen molar-refractivity contribution in [2.75, 3.05) is 13.6 Å². The fourth-order valence-electron chi connectivity index (χ4n) is 2.88. The molecule has 0 aliphatic rings. The van der Waals surface area contributed by atoms with Gasteiger partial charge in [0.1, 0.15) is 11.4 Å². The molecule has 0 amide bonds. The van der Waals surface area contributed by atoms with Gasteiger partial charge in [-0.15, -0.1) is 0 Å². The molecule has 1 aromatic heterocycles. The van der Waals surface area contributed by atoms with Gasteiger partial charge in [0.2, 0.25) is 0 Å². The molecule has 7 heteroatoms. The average molecular weight is 364 g/mol. The van der Waals surface area contributed by atoms with Crippen LogP contribution in [0, 0.1) is 17.5 Å². The second-order valence-corrected chi connectivity index (χ2v) is 6.32. The number of nitrogens with zero attached hydrogens (tertiary/aromatic N) is 2. The van der Waals surface area contributed by atoms with Gasteiger partial charge in [-0.1, -0.05) is 18.5 Å². The number of phenols is 1. The Labute approximate surface area is 148 Å². The van der Waals surface area contributed by atoms with Gasteiger partial charge < -0.3 is 14.5 Å². The van der Waals surface area contributed by atoms with Gasteiger partial charge in [-0.2, -0.15) is 0 Å². The van der Waals surface area contributed by atoms with E-state index in [1.807, 2.05) is 11.9 Å². The first-order chi connectivity index (χ1) is 12.4. The zero-order chi connectivity index (χ0) is 18.8. The highest BCUT2D eigenvalue weighted by Gasteiger charge is 2.20. The van der Waals surface area contributed by atoms with Gasteiger partial charge in [-0.3, -0.25) is 0 Å². The van der Waals surface area contributed by atoms with Gasteiger partial charge in [0, 0.05) is 12.1 Å². The molecule has 2 aromatic carbocycles. The van der Waals surface area contributed by atoms with Crippen LogP contribution in [0.4, 0.5) is 13.2 Å². The Hall–Kier alpha value is -2.54. The minimum atomic E-state index is -1.53. The predicted octanol–water partition coefficient (Wildman–Crippen LogP) is 4.85. The van der Waals surface area contributed by atoms with E-state index < -0.39 is 17.5 Å². The van der Waals surface area contributed by atoms with E-state index in [4.69, 9.17) is 4.52 Å². The number of fused-ring (bicyclic) bond motifs is 1. The van der Waals surface area contributed by atoms with Crippen molar-refractivity contribution in [1.82, 2.24) is 10.1 Å². The van der Waals surface area contributed by atoms with Crippen LogP contribution in [0.5, 0.6) is 5.75 Å². The minimum Gasteiger partial charge on any atom is -0.507 e. The van der Waals surface area contributed by atoms with E-state index in [-0.39, 0.29) is 17.0 Å². The average Bonchev–Trinajstić information content (AvgIpc) is 3.04. The van der Waals surface area contributed by atoms with Crippen LogP contribution in [0.3, 0.4) is 0 Å². The fraction of sp³-hybridized carbons (Fsp3) is 0.316. The molecule has 1 N–H and O–H groups in total. The van der Waals surface area contributed by atoms with Gasteiger partial charge in [-0.05, 0) is 44.3 Å². The summed E-state index contributed by atoms with van der Waals surface area (Å²) in [5, 5.41) is 14.6. The van der Waals surface area contributed by atoms with Crippen molar-refractivity contribution in [1.29, 1.82) is 0 Å². The molecular formula is C19H19F3N2O2. The Balaban J connectivity index is 2.04. The SMILES string of the molecule is CCCCN(C)Cc1c(O)ccc2c(-c3cc(F)c(F)c(F)c3)noc12. The highest BCUT2D eigenvalue weighted by atomic mass is 19.2. The van der Waals surface area contributed by atoms with Crippen LogP contribution in [-0.4, -0.2) is 28.8 Å². The molecule has 0 aliphatic carbocycles. The number of hydrogen-bond acceptors (Lipinski definition) is 4. The molecule has 0 unspecified atom stereocenters. The minimum absolute atomic E-state index is 0.0556. The number of rotatable bonds is 6. The van der Waals surface area contributed by atoms with Crippen LogP contribution in [0.1, 0.15) is 25.3 Å². The molecule has 138 valence electrons. The largest absolute Gasteiger partial charge is 0.507 e. The van der Waals surface area contributed by atoms with E-state index in [2.05, 4.69) is 12.1 Å². The quantitative estimate of drug-likeness (QED) is 0.635. The second kappa shape index (κ2) is 7.37. The molecule has 0 bridgehead atoms. The molecule has 0 radical (unpaired) electrons. The summed E-state index contributed by atoms with van der Waals surface area (Å²) < 4.78 is 45.6. The number of hydrogen-bond donors (Lipinski definition) is 1. The van der Waals surface area contributed by atoms with Gasteiger partial charge in [0.25, 0.3) is 0 Å². The first-order valence-corrected chi connectivity index (χ1v) is 8.36. The lowest BCUT2D eigenvalue weighted by Gasteiger charge is -2.16. The van der Waals surface area contributed by atoms with Crippen LogP contribution in [0.25, 0.3) is 22.2 Å². The maximum Gasteiger partial charge on any atom is 0.194 e. The third-order valence-corrected chi connectivity index (χ3v) is 4.30. The van der Waals surface area contributed by atoms with E-state index in [1.54, 1.807) is 6.07 Å². The lowest BCUT2D eigenvalue weighted by Crippen LogP contribution is -2.19. The molecule has 0 fully saturated rings. The maximum absolute atomic E-state index is 13.5. The molecule has 3 rings (SSSR count). The van der Waals surface area contributed by atoms with Gasteiger partial charge >= 0.3 is 0 Å². The van der Waals surface area contributed by atoms with Crippen LogP contribution in [-0.2, 0) is 6.54 Å². The normalized spacial score (nSPS) is 11.6. The molecule has 4 nitrogen and oxygen atoms in total. The molecule has 3 aromatic rings. The van der Waals surface area contributed by atoms with Crippen LogP contribution in [0.2, 0.25) is 0 Å². The van der Waals surface area contributed by atoms with E-state index in [0.29, 0.717) is 23.1 Å². The first kappa shape index (κ1) is 18.3. The summed E-state index contributed by atoms with van der Waals surface area (Å²) >= 11 is 0. The fourth-order valence-corrected chi connectivity index (χ4v) is 2.88. The zero-order valence-corrected chi connectivity index (χ0v) is 14.5. The molecule has 0 aliphatic heterocycles. The van der Waals surface area contributed by atoms with Crippen LogP contribution in [0.15, 0.2) is 28.8 Å². The van der Waals surface area contributed by atoms with Gasteiger partial charge in [0.15, 0.2) is 23.0 Å². The van der Waals surface area contributed by atoms with Crippen molar-refractivity contribution >= 4 is 11.0 Å². The van der Waals surface area contributed by atoms with Crippen molar-refractivity contribution in [3.05, 3.63) is 47.3 Å². The van der Waals surface area contributed by atoms with E-state index in [1.165, 1.54) is 6.07 Å². The third kappa shape index (κ3) is 3.39. The predicted molar refractivity (Wildman–Crippen MR) is 92.2 cm³/mol. The number of aromatic hydroxyl groups is 1. The molecule has 26 heavy (non-hydrogen) atoms. The number of aromatic nitrogens is 1. The number of phenolic OH excluding ortho intramolecular Hbond substituents is 1. The van der Waals surface area contributed by atoms with Crippen LogP contribution < -0.4 is 0 Å². The van der Waals surface area contributed by atoms with Crippen LogP contribution >= 0.6 is 0 Å². The number of unbranched alkanes of at least 4 members (excludes halogenated alkanes) is 1. The molecule has 0 spiro atoms. The third-order valence-electron chi connectivity index (χ3n) is 4.30. The van der Waals surface area contributed by atoms with Crippen molar-refractivity contribution in [3.63, 3.8) is 0 Å². The summed E-state index contributed by atoms with van der Waals surface area (Å²) in [4.78, 5) is 2.04. The Morgan fingerprint density at radius 3 is 2.50 bits per heavy atom. The summed E-state index contributed by atoms with van der Waals surface area (Å²) in [6.45, 7) is 3.38. The van der Waals surface area contributed by atoms with Crippen molar-refractivity contribution < 1.29 is 22.8 Å². The monoisotopic (exact) mass is 364 g/mol. The van der Waals surface area contributed by atoms with Crippen molar-refractivity contribution in [3.8, 4) is 17.0 Å². The van der Waals surface area contributed by atoms with Gasteiger partial charge in [0.05, 0.1) is 10.9 Å². The lowest BCUT2D eigenvalue weighted by atomic mass is 10.0. The standard InChI is InChI=1S/C19H19F3N2O2/c1-3-4-7-24(2)10-13-16(25)6-5-12-18(23-26-19(12)13)11-8-14(20)17(22)15(21)9-11/h5-6,8-9,25H,3-4,7,10H2,1-2H3. The van der Waals surface area contributed by atoms with E-state index in [9.17, 15) is 18.3 Å². The Morgan fingerprint density at radius 2 is 1.85 bits per heavy atom. The highest BCUT2D eigenvalue weighted by molar-refractivity contribution is 5.94. The summed E-state index contributed by atoms with van der Waals surface area (Å²) in [7, 11) is 1.93. The maximum atomic E-state index is 13.5. The molecule has 1 heterocycles. The van der Waals surface area contributed by atoms with E-state index in [0.717, 1.165) is 31.5 Å². The van der Waals surface area contributed by atoms with Crippen molar-refractivity contribution in [2.24, 2.45) is 0 Å². The molecule has 0 saturated heterocycles. The number of halogens is 3. The summed E-state index contributed by atoms with van der Waals surface area (Å²) in [5.41, 5.74) is 1.14. The molecule has 0 atom stereocenters. The smallest absolute Gasteiger partial charge is 0.194 e. The second-order valence-electron chi connectivity index (χ2n) is 6.32. The van der Waals surface area contributed by atoms with Crippen molar-refractivity contribution in [2.45, 2.75) is 26.3 Å². The summed E-state index contributed by atoms with van der Waals surface area (Å²) in [5.74, 6) is -4.07. The molecule has 0 saturated carbocycles. The Kier molecular flexibility index (Phi) is 5.18. The molecular weight excluding hydrogens is 345 g/mol. The van der Waals surface area contributed by atoms with Gasteiger partial charge in [-0.25, -0.2) is 13.2 Å². The topological polar surface area (TPSA) is 49.5 Å². The summed E-state index contributed by atoms with van der Waals surface area (Å²) in [6, 6.07) is 4.79. The zero-order valence-electron chi connectivity index (χ0n) is 14.5. The Bertz CT molecular complexity index is 917.